The van der Waals surface area contributed by atoms with E-state index in [1.165, 1.54) is 18.2 Å². The molecule has 0 unspecified atom stereocenters. The van der Waals surface area contributed by atoms with Gasteiger partial charge in [-0.3, -0.25) is 4.79 Å². The lowest BCUT2D eigenvalue weighted by molar-refractivity contribution is 0.0688. The second-order valence-corrected chi connectivity index (χ2v) is 7.70. The zero-order valence-electron chi connectivity index (χ0n) is 17.2. The first-order valence-electron chi connectivity index (χ1n) is 10.2. The van der Waals surface area contributed by atoms with Crippen molar-refractivity contribution in [3.63, 3.8) is 0 Å². The third kappa shape index (κ3) is 4.27. The van der Waals surface area contributed by atoms with E-state index in [9.17, 15) is 18.0 Å². The molecule has 0 radical (unpaired) electrons. The number of nitrogens with one attached hydrogen (secondary N) is 1. The average Bonchev–Trinajstić information content (AvgIpc) is 2.73. The second kappa shape index (κ2) is 8.66. The summed E-state index contributed by atoms with van der Waals surface area (Å²) in [6.45, 7) is 4.53. The van der Waals surface area contributed by atoms with E-state index in [-0.39, 0.29) is 17.2 Å². The van der Waals surface area contributed by atoms with Crippen molar-refractivity contribution in [2.24, 2.45) is 0 Å². The van der Waals surface area contributed by atoms with Crippen molar-refractivity contribution in [3.8, 4) is 0 Å². The quantitative estimate of drug-likeness (QED) is 0.633. The zero-order chi connectivity index (χ0) is 22.1. The topological polar surface area (TPSA) is 69.0 Å². The maximum absolute atomic E-state index is 14.6. The summed E-state index contributed by atoms with van der Waals surface area (Å²) in [5.41, 5.74) is -0.215. The van der Waals surface area contributed by atoms with Crippen LogP contribution in [0.25, 0.3) is 10.9 Å². The fraction of sp³-hybridized carbons (Fsp3) is 0.409. The monoisotopic (exact) mass is 432 g/mol. The summed E-state index contributed by atoms with van der Waals surface area (Å²) in [7, 11) is 0. The molecular weight excluding hydrogens is 409 g/mol. The highest BCUT2D eigenvalue weighted by atomic mass is 19.3. The molecule has 0 spiro atoms. The third-order valence-corrected chi connectivity index (χ3v) is 5.57. The molecule has 31 heavy (non-hydrogen) atoms. The van der Waals surface area contributed by atoms with Crippen LogP contribution < -0.4 is 10.9 Å². The van der Waals surface area contributed by atoms with Crippen LogP contribution in [0.15, 0.2) is 35.3 Å². The van der Waals surface area contributed by atoms with Crippen molar-refractivity contribution >= 4 is 16.7 Å². The maximum atomic E-state index is 14.6. The number of aromatic nitrogens is 3. The van der Waals surface area contributed by atoms with E-state index < -0.39 is 23.8 Å². The van der Waals surface area contributed by atoms with Gasteiger partial charge in [-0.1, -0.05) is 18.2 Å². The predicted molar refractivity (Wildman–Crippen MR) is 111 cm³/mol. The molecule has 1 N–H and O–H groups in total. The molecule has 164 valence electrons. The first-order chi connectivity index (χ1) is 14.8. The van der Waals surface area contributed by atoms with E-state index in [2.05, 4.69) is 15.3 Å². The standard InChI is InChI=1S/C22H23F3N4O2/c1-12(15-4-3-5-16(20(15)23)21(24)25)26-22-17-11-29(14-6-8-31-9-7-14)19(30)10-18(17)27-13(2)28-22/h3-5,10-12,14,21H,6-9H2,1-2H3,(H,26,27,28)/t12-/m1/s1. The van der Waals surface area contributed by atoms with E-state index in [0.717, 1.165) is 18.9 Å². The van der Waals surface area contributed by atoms with E-state index in [0.29, 0.717) is 35.8 Å². The molecule has 0 amide bonds. The summed E-state index contributed by atoms with van der Waals surface area (Å²) in [4.78, 5) is 21.5. The first-order valence-corrected chi connectivity index (χ1v) is 10.2. The Morgan fingerprint density at radius 3 is 2.61 bits per heavy atom. The van der Waals surface area contributed by atoms with Gasteiger partial charge in [-0.2, -0.15) is 0 Å². The van der Waals surface area contributed by atoms with Crippen LogP contribution in [0.2, 0.25) is 0 Å². The van der Waals surface area contributed by atoms with Gasteiger partial charge in [0.25, 0.3) is 12.0 Å². The lowest BCUT2D eigenvalue weighted by Crippen LogP contribution is -2.28. The van der Waals surface area contributed by atoms with Crippen molar-refractivity contribution in [2.75, 3.05) is 18.5 Å². The van der Waals surface area contributed by atoms with Crippen LogP contribution in [0.3, 0.4) is 0 Å². The van der Waals surface area contributed by atoms with Gasteiger partial charge in [0.15, 0.2) is 0 Å². The number of fused-ring (bicyclic) bond motifs is 1. The zero-order valence-corrected chi connectivity index (χ0v) is 17.2. The number of rotatable bonds is 5. The Kier molecular flexibility index (Phi) is 5.95. The van der Waals surface area contributed by atoms with Gasteiger partial charge in [-0.25, -0.2) is 23.1 Å². The van der Waals surface area contributed by atoms with Gasteiger partial charge in [-0.15, -0.1) is 0 Å². The summed E-state index contributed by atoms with van der Waals surface area (Å²) in [5.74, 6) is -0.0865. The molecule has 0 aliphatic carbocycles. The van der Waals surface area contributed by atoms with Crippen molar-refractivity contribution in [2.45, 2.75) is 45.2 Å². The number of halogens is 3. The third-order valence-electron chi connectivity index (χ3n) is 5.57. The molecule has 0 bridgehead atoms. The van der Waals surface area contributed by atoms with E-state index in [1.807, 2.05) is 0 Å². The van der Waals surface area contributed by atoms with Crippen LogP contribution >= 0.6 is 0 Å². The van der Waals surface area contributed by atoms with Gasteiger partial charge >= 0.3 is 0 Å². The van der Waals surface area contributed by atoms with Crippen molar-refractivity contribution in [1.29, 1.82) is 0 Å². The highest BCUT2D eigenvalue weighted by Crippen LogP contribution is 2.30. The number of ether oxygens (including phenoxy) is 1. The molecule has 9 heteroatoms. The Labute approximate surface area is 177 Å². The normalized spacial score (nSPS) is 16.1. The van der Waals surface area contributed by atoms with Crippen molar-refractivity contribution in [3.05, 3.63) is 63.6 Å². The number of aryl methyl sites for hydroxylation is 1. The first kappa shape index (κ1) is 21.3. The number of anilines is 1. The van der Waals surface area contributed by atoms with Crippen LogP contribution in [0, 0.1) is 12.7 Å². The van der Waals surface area contributed by atoms with Gasteiger partial charge in [0.05, 0.1) is 22.5 Å². The van der Waals surface area contributed by atoms with Gasteiger partial charge in [0.1, 0.15) is 17.5 Å². The Hall–Kier alpha value is -2.94. The molecule has 1 aromatic carbocycles. The number of hydrogen-bond donors (Lipinski definition) is 1. The SMILES string of the molecule is Cc1nc(N[C@H](C)c2cccc(C(F)F)c2F)c2cn(C3CCOCC3)c(=O)cc2n1. The number of nitrogens with zero attached hydrogens (tertiary/aromatic N) is 3. The van der Waals surface area contributed by atoms with Crippen LogP contribution in [0.1, 0.15) is 55.2 Å². The molecule has 1 aliphatic heterocycles. The smallest absolute Gasteiger partial charge is 0.266 e. The van der Waals surface area contributed by atoms with Gasteiger partial charge < -0.3 is 14.6 Å². The maximum Gasteiger partial charge on any atom is 0.266 e. The summed E-state index contributed by atoms with van der Waals surface area (Å²) in [5, 5.41) is 3.73. The van der Waals surface area contributed by atoms with Gasteiger partial charge in [0, 0.05) is 37.1 Å². The molecular formula is C22H23F3N4O2. The average molecular weight is 432 g/mol. The van der Waals surface area contributed by atoms with Crippen LogP contribution in [0.5, 0.6) is 0 Å². The number of pyridine rings is 1. The fourth-order valence-electron chi connectivity index (χ4n) is 3.95. The van der Waals surface area contributed by atoms with E-state index in [1.54, 1.807) is 24.6 Å². The summed E-state index contributed by atoms with van der Waals surface area (Å²) in [6, 6.07) is 4.79. The minimum absolute atomic E-state index is 0.0115. The summed E-state index contributed by atoms with van der Waals surface area (Å²) < 4.78 is 47.9. The minimum Gasteiger partial charge on any atom is -0.381 e. The largest absolute Gasteiger partial charge is 0.381 e. The van der Waals surface area contributed by atoms with Gasteiger partial charge in [-0.05, 0) is 26.7 Å². The Morgan fingerprint density at radius 2 is 1.90 bits per heavy atom. The Bertz CT molecular complexity index is 1160. The molecule has 2 aromatic heterocycles. The lowest BCUT2D eigenvalue weighted by Gasteiger charge is -2.25. The number of alkyl halides is 2. The van der Waals surface area contributed by atoms with Crippen LogP contribution in [-0.4, -0.2) is 27.7 Å². The highest BCUT2D eigenvalue weighted by Gasteiger charge is 2.22. The molecule has 4 rings (SSSR count). The number of benzene rings is 1. The minimum atomic E-state index is -2.90. The molecule has 3 heterocycles. The Balaban J connectivity index is 1.75. The van der Waals surface area contributed by atoms with Crippen LogP contribution in [0.4, 0.5) is 19.0 Å². The predicted octanol–water partition coefficient (Wildman–Crippen LogP) is 4.70. The molecule has 0 saturated carbocycles. The summed E-state index contributed by atoms with van der Waals surface area (Å²) in [6.07, 6.45) is 0.267. The molecule has 1 atom stereocenters. The Morgan fingerprint density at radius 1 is 1.19 bits per heavy atom. The molecule has 6 nitrogen and oxygen atoms in total. The number of hydrogen-bond acceptors (Lipinski definition) is 5. The molecule has 3 aromatic rings. The fourth-order valence-corrected chi connectivity index (χ4v) is 3.95. The van der Waals surface area contributed by atoms with E-state index in [4.69, 9.17) is 4.74 Å². The van der Waals surface area contributed by atoms with Crippen LogP contribution in [-0.2, 0) is 4.74 Å². The van der Waals surface area contributed by atoms with Crippen molar-refractivity contribution in [1.82, 2.24) is 14.5 Å². The summed E-state index contributed by atoms with van der Waals surface area (Å²) >= 11 is 0. The lowest BCUT2D eigenvalue weighted by atomic mass is 10.0. The van der Waals surface area contributed by atoms with Crippen molar-refractivity contribution < 1.29 is 17.9 Å². The molecule has 1 aliphatic rings. The second-order valence-electron chi connectivity index (χ2n) is 7.70. The van der Waals surface area contributed by atoms with E-state index >= 15 is 0 Å². The molecule has 1 fully saturated rings. The highest BCUT2D eigenvalue weighted by molar-refractivity contribution is 5.88. The molecule has 1 saturated heterocycles. The van der Waals surface area contributed by atoms with Gasteiger partial charge in [0.2, 0.25) is 0 Å².